The van der Waals surface area contributed by atoms with E-state index in [0.29, 0.717) is 41.7 Å². The molecule has 4 rings (SSSR count). The summed E-state index contributed by atoms with van der Waals surface area (Å²) in [6, 6.07) is 10.6. The van der Waals surface area contributed by atoms with Gasteiger partial charge < -0.3 is 24.4 Å². The Morgan fingerprint density at radius 1 is 1.11 bits per heavy atom. The minimum absolute atomic E-state index is 0.00209. The van der Waals surface area contributed by atoms with E-state index in [4.69, 9.17) is 14.2 Å². The topological polar surface area (TPSA) is 135 Å². The third kappa shape index (κ3) is 5.62. The Labute approximate surface area is 202 Å². The quantitative estimate of drug-likeness (QED) is 0.543. The van der Waals surface area contributed by atoms with Gasteiger partial charge in [0, 0.05) is 33.1 Å². The first-order valence-electron chi connectivity index (χ1n) is 11.0. The van der Waals surface area contributed by atoms with E-state index in [1.165, 1.54) is 12.0 Å². The van der Waals surface area contributed by atoms with Gasteiger partial charge in [-0.05, 0) is 30.3 Å². The number of methoxy groups -OCH3 is 1. The Bertz CT molecular complexity index is 1250. The molecule has 0 atom stereocenters. The van der Waals surface area contributed by atoms with Gasteiger partial charge in [-0.3, -0.25) is 4.79 Å². The Morgan fingerprint density at radius 2 is 1.89 bits per heavy atom. The van der Waals surface area contributed by atoms with Crippen LogP contribution in [-0.4, -0.2) is 71.3 Å². The second kappa shape index (κ2) is 10.8. The van der Waals surface area contributed by atoms with E-state index in [1.54, 1.807) is 50.6 Å². The van der Waals surface area contributed by atoms with Crippen molar-refractivity contribution in [3.8, 4) is 29.1 Å². The highest BCUT2D eigenvalue weighted by Crippen LogP contribution is 2.26. The molecule has 0 aromatic carbocycles. The number of carbonyl (C=O) groups excluding carboxylic acids is 1. The molecule has 0 radical (unpaired) electrons. The van der Waals surface area contributed by atoms with Crippen molar-refractivity contribution < 1.29 is 19.0 Å². The van der Waals surface area contributed by atoms with Gasteiger partial charge in [0.05, 0.1) is 31.7 Å². The minimum Gasteiger partial charge on any atom is -0.487 e. The number of nitriles is 1. The van der Waals surface area contributed by atoms with Gasteiger partial charge in [0.15, 0.2) is 11.4 Å². The monoisotopic (exact) mass is 475 g/mol. The second-order valence-corrected chi connectivity index (χ2v) is 7.93. The standard InChI is InChI=1S/C24H25N7O4/c1-31(2)23(32)16-4-7-21(29-22(16)33-3)30-24-26-11-8-18(28-24)17-5-6-20(19(14-25)27-17)35-15-9-12-34-13-10-15/h4-8,11,15H,9-10,12-13H2,1-3H3,(H,26,28,29,30). The zero-order chi connectivity index (χ0) is 24.8. The molecule has 11 nitrogen and oxygen atoms in total. The van der Waals surface area contributed by atoms with E-state index < -0.39 is 0 Å². The van der Waals surface area contributed by atoms with E-state index in [-0.39, 0.29) is 29.5 Å². The number of carbonyl (C=O) groups is 1. The molecule has 3 aromatic rings. The summed E-state index contributed by atoms with van der Waals surface area (Å²) in [6.45, 7) is 1.29. The van der Waals surface area contributed by atoms with Crippen LogP contribution in [0.15, 0.2) is 36.5 Å². The summed E-state index contributed by atoms with van der Waals surface area (Å²) < 4.78 is 16.6. The third-order valence-electron chi connectivity index (χ3n) is 5.27. The number of nitrogens with one attached hydrogen (secondary N) is 1. The normalized spacial score (nSPS) is 13.5. The zero-order valence-corrected chi connectivity index (χ0v) is 19.7. The van der Waals surface area contributed by atoms with Crippen LogP contribution in [0.2, 0.25) is 0 Å². The number of pyridine rings is 2. The van der Waals surface area contributed by atoms with Crippen molar-refractivity contribution in [3.05, 3.63) is 47.8 Å². The summed E-state index contributed by atoms with van der Waals surface area (Å²) in [5, 5.41) is 12.6. The van der Waals surface area contributed by atoms with Crippen LogP contribution in [0.25, 0.3) is 11.4 Å². The summed E-state index contributed by atoms with van der Waals surface area (Å²) in [5.74, 6) is 1.08. The molecule has 1 aliphatic rings. The molecule has 11 heteroatoms. The van der Waals surface area contributed by atoms with Crippen LogP contribution in [0, 0.1) is 11.3 Å². The molecule has 0 saturated carbocycles. The SMILES string of the molecule is COc1nc(Nc2nccc(-c3ccc(OC4CCOCC4)c(C#N)n3)n2)ccc1C(=O)N(C)C. The zero-order valence-electron chi connectivity index (χ0n) is 19.7. The summed E-state index contributed by atoms with van der Waals surface area (Å²) in [6.07, 6.45) is 3.13. The van der Waals surface area contributed by atoms with Crippen molar-refractivity contribution in [1.29, 1.82) is 5.26 Å². The van der Waals surface area contributed by atoms with Crippen LogP contribution in [0.3, 0.4) is 0 Å². The Hall–Kier alpha value is -4.30. The van der Waals surface area contributed by atoms with Gasteiger partial charge in [-0.1, -0.05) is 0 Å². The van der Waals surface area contributed by atoms with Crippen LogP contribution in [0.1, 0.15) is 28.9 Å². The molecule has 0 bridgehead atoms. The largest absolute Gasteiger partial charge is 0.487 e. The van der Waals surface area contributed by atoms with Gasteiger partial charge in [-0.25, -0.2) is 15.0 Å². The van der Waals surface area contributed by atoms with Crippen molar-refractivity contribution in [2.45, 2.75) is 18.9 Å². The average molecular weight is 476 g/mol. The third-order valence-corrected chi connectivity index (χ3v) is 5.27. The first-order valence-corrected chi connectivity index (χ1v) is 11.0. The molecule has 3 aromatic heterocycles. The Balaban J connectivity index is 1.54. The predicted octanol–water partition coefficient (Wildman–Crippen LogP) is 2.82. The lowest BCUT2D eigenvalue weighted by Gasteiger charge is -2.23. The van der Waals surface area contributed by atoms with Gasteiger partial charge in [-0.2, -0.15) is 10.2 Å². The second-order valence-electron chi connectivity index (χ2n) is 7.93. The van der Waals surface area contributed by atoms with Crippen LogP contribution in [0.5, 0.6) is 11.6 Å². The highest BCUT2D eigenvalue weighted by Gasteiger charge is 2.19. The number of hydrogen-bond acceptors (Lipinski definition) is 10. The van der Waals surface area contributed by atoms with Crippen LogP contribution < -0.4 is 14.8 Å². The number of ether oxygens (including phenoxy) is 3. The molecule has 1 N–H and O–H groups in total. The molecule has 1 fully saturated rings. The lowest BCUT2D eigenvalue weighted by molar-refractivity contribution is 0.0253. The lowest BCUT2D eigenvalue weighted by Crippen LogP contribution is -2.26. The number of aromatic nitrogens is 4. The van der Waals surface area contributed by atoms with E-state index in [1.807, 2.05) is 0 Å². The number of nitrogens with zero attached hydrogens (tertiary/aromatic N) is 6. The van der Waals surface area contributed by atoms with Gasteiger partial charge in [0.25, 0.3) is 5.91 Å². The molecule has 4 heterocycles. The van der Waals surface area contributed by atoms with Crippen LogP contribution >= 0.6 is 0 Å². The molecule has 0 aliphatic carbocycles. The average Bonchev–Trinajstić information content (AvgIpc) is 2.89. The van der Waals surface area contributed by atoms with Gasteiger partial charge >= 0.3 is 0 Å². The van der Waals surface area contributed by atoms with Crippen molar-refractivity contribution in [3.63, 3.8) is 0 Å². The van der Waals surface area contributed by atoms with Crippen LogP contribution in [-0.2, 0) is 4.74 Å². The fourth-order valence-corrected chi connectivity index (χ4v) is 3.48. The van der Waals surface area contributed by atoms with Gasteiger partial charge in [0.2, 0.25) is 11.8 Å². The van der Waals surface area contributed by atoms with Crippen molar-refractivity contribution >= 4 is 17.7 Å². The molecule has 1 aliphatic heterocycles. The molecule has 180 valence electrons. The maximum atomic E-state index is 12.3. The van der Waals surface area contributed by atoms with E-state index in [2.05, 4.69) is 31.3 Å². The Morgan fingerprint density at radius 3 is 2.60 bits per heavy atom. The van der Waals surface area contributed by atoms with Crippen molar-refractivity contribution in [2.75, 3.05) is 39.7 Å². The maximum absolute atomic E-state index is 12.3. The van der Waals surface area contributed by atoms with Gasteiger partial charge in [0.1, 0.15) is 23.6 Å². The fourth-order valence-electron chi connectivity index (χ4n) is 3.48. The van der Waals surface area contributed by atoms with Gasteiger partial charge in [-0.15, -0.1) is 0 Å². The number of anilines is 2. The smallest absolute Gasteiger partial charge is 0.258 e. The molecular weight excluding hydrogens is 450 g/mol. The number of rotatable bonds is 7. The lowest BCUT2D eigenvalue weighted by atomic mass is 10.1. The molecule has 0 spiro atoms. The molecule has 1 amide bonds. The summed E-state index contributed by atoms with van der Waals surface area (Å²) in [7, 11) is 4.76. The van der Waals surface area contributed by atoms with Crippen molar-refractivity contribution in [1.82, 2.24) is 24.8 Å². The number of amides is 1. The van der Waals surface area contributed by atoms with Crippen molar-refractivity contribution in [2.24, 2.45) is 0 Å². The highest BCUT2D eigenvalue weighted by atomic mass is 16.5. The predicted molar refractivity (Wildman–Crippen MR) is 127 cm³/mol. The fraction of sp³-hybridized carbons (Fsp3) is 0.333. The highest BCUT2D eigenvalue weighted by molar-refractivity contribution is 5.96. The summed E-state index contributed by atoms with van der Waals surface area (Å²) >= 11 is 0. The number of hydrogen-bond donors (Lipinski definition) is 1. The van der Waals surface area contributed by atoms with E-state index in [9.17, 15) is 10.1 Å². The molecule has 1 saturated heterocycles. The summed E-state index contributed by atoms with van der Waals surface area (Å²) in [4.78, 5) is 31.2. The summed E-state index contributed by atoms with van der Waals surface area (Å²) in [5.41, 5.74) is 1.55. The van der Waals surface area contributed by atoms with Crippen LogP contribution in [0.4, 0.5) is 11.8 Å². The minimum atomic E-state index is -0.220. The van der Waals surface area contributed by atoms with E-state index >= 15 is 0 Å². The van der Waals surface area contributed by atoms with E-state index in [0.717, 1.165) is 12.8 Å². The Kier molecular flexibility index (Phi) is 7.32. The first kappa shape index (κ1) is 23.8. The maximum Gasteiger partial charge on any atom is 0.258 e. The molecule has 0 unspecified atom stereocenters. The molecule has 35 heavy (non-hydrogen) atoms. The molecular formula is C24H25N7O4. The first-order chi connectivity index (χ1) is 17.0.